The summed E-state index contributed by atoms with van der Waals surface area (Å²) in [6, 6.07) is 12.7. The van der Waals surface area contributed by atoms with Gasteiger partial charge in [-0.15, -0.1) is 0 Å². The van der Waals surface area contributed by atoms with Crippen molar-refractivity contribution in [3.05, 3.63) is 47.5 Å². The van der Waals surface area contributed by atoms with E-state index in [4.69, 9.17) is 0 Å². The number of aryl methyl sites for hydroxylation is 1. The summed E-state index contributed by atoms with van der Waals surface area (Å²) < 4.78 is 0. The molecule has 0 unspecified atom stereocenters. The maximum Gasteiger partial charge on any atom is 0.0917 e. The van der Waals surface area contributed by atoms with Crippen LogP contribution in [-0.2, 0) is 6.42 Å². The van der Waals surface area contributed by atoms with Gasteiger partial charge in [-0.05, 0) is 40.8 Å². The van der Waals surface area contributed by atoms with Crippen molar-refractivity contribution in [1.29, 1.82) is 0 Å². The van der Waals surface area contributed by atoms with Crippen LogP contribution < -0.4 is 0 Å². The minimum Gasteiger partial charge on any atom is -0.387 e. The van der Waals surface area contributed by atoms with E-state index in [1.807, 2.05) is 6.07 Å². The molecule has 0 saturated carbocycles. The second-order valence-corrected chi connectivity index (χ2v) is 5.57. The molecule has 1 nitrogen and oxygen atoms in total. The van der Waals surface area contributed by atoms with Crippen LogP contribution in [0.2, 0.25) is 0 Å². The van der Waals surface area contributed by atoms with Gasteiger partial charge in [0.25, 0.3) is 0 Å². The molecule has 0 amide bonds. The zero-order valence-corrected chi connectivity index (χ0v) is 10.4. The Bertz CT molecular complexity index is 535. The first-order valence-corrected chi connectivity index (χ1v) is 6.51. The molecule has 0 heterocycles. The largest absolute Gasteiger partial charge is 0.387 e. The summed E-state index contributed by atoms with van der Waals surface area (Å²) >= 11 is 3.54. The van der Waals surface area contributed by atoms with Gasteiger partial charge in [0.05, 0.1) is 6.10 Å². The molecule has 2 heteroatoms. The fraction of sp³-hybridized carbons (Fsp3) is 0.286. The predicted octanol–water partition coefficient (Wildman–Crippen LogP) is 3.58. The van der Waals surface area contributed by atoms with Crippen LogP contribution in [0.25, 0.3) is 10.8 Å². The van der Waals surface area contributed by atoms with Gasteiger partial charge in [0.1, 0.15) is 0 Å². The van der Waals surface area contributed by atoms with Gasteiger partial charge in [-0.25, -0.2) is 0 Å². The van der Waals surface area contributed by atoms with E-state index in [2.05, 4.69) is 46.3 Å². The number of halogens is 1. The molecule has 0 saturated heterocycles. The Morgan fingerprint density at radius 2 is 1.81 bits per heavy atom. The van der Waals surface area contributed by atoms with E-state index in [1.54, 1.807) is 0 Å². The van der Waals surface area contributed by atoms with Gasteiger partial charge in [0, 0.05) is 4.83 Å². The lowest BCUT2D eigenvalue weighted by Crippen LogP contribution is -2.20. The molecule has 0 bridgehead atoms. The van der Waals surface area contributed by atoms with E-state index in [-0.39, 0.29) is 10.9 Å². The average Bonchev–Trinajstić information content (AvgIpc) is 2.32. The van der Waals surface area contributed by atoms with Crippen molar-refractivity contribution in [2.75, 3.05) is 0 Å². The highest BCUT2D eigenvalue weighted by molar-refractivity contribution is 9.09. The minimum atomic E-state index is -0.367. The summed E-state index contributed by atoms with van der Waals surface area (Å²) in [6.07, 6.45) is 1.69. The Balaban J connectivity index is 2.23. The van der Waals surface area contributed by atoms with Gasteiger partial charge in [0.15, 0.2) is 0 Å². The molecule has 0 fully saturated rings. The molecule has 0 aliphatic heterocycles. The Kier molecular flexibility index (Phi) is 2.49. The third-order valence-electron chi connectivity index (χ3n) is 3.36. The van der Waals surface area contributed by atoms with Crippen molar-refractivity contribution in [1.82, 2.24) is 0 Å². The minimum absolute atomic E-state index is 0.196. The topological polar surface area (TPSA) is 20.2 Å². The van der Waals surface area contributed by atoms with Crippen LogP contribution in [0.1, 0.15) is 23.7 Å². The van der Waals surface area contributed by atoms with Gasteiger partial charge in [-0.1, -0.05) is 46.3 Å². The van der Waals surface area contributed by atoms with Crippen molar-refractivity contribution < 1.29 is 5.11 Å². The third-order valence-corrected chi connectivity index (χ3v) is 4.32. The van der Waals surface area contributed by atoms with Crippen LogP contribution in [0.4, 0.5) is 0 Å². The molecule has 2 aromatic carbocycles. The van der Waals surface area contributed by atoms with E-state index in [1.165, 1.54) is 16.3 Å². The monoisotopic (exact) mass is 276 g/mol. The van der Waals surface area contributed by atoms with Crippen molar-refractivity contribution in [3.8, 4) is 0 Å². The van der Waals surface area contributed by atoms with Crippen molar-refractivity contribution in [2.24, 2.45) is 0 Å². The maximum atomic E-state index is 10.1. The van der Waals surface area contributed by atoms with E-state index in [0.717, 1.165) is 18.4 Å². The Morgan fingerprint density at radius 1 is 1.12 bits per heavy atom. The smallest absolute Gasteiger partial charge is 0.0917 e. The first-order valence-electron chi connectivity index (χ1n) is 5.59. The zero-order chi connectivity index (χ0) is 11.1. The highest BCUT2D eigenvalue weighted by atomic mass is 79.9. The molecule has 0 spiro atoms. The third kappa shape index (κ3) is 1.57. The van der Waals surface area contributed by atoms with Crippen LogP contribution in [0.5, 0.6) is 0 Å². The molecule has 1 N–H and O–H groups in total. The van der Waals surface area contributed by atoms with Gasteiger partial charge >= 0.3 is 0 Å². The van der Waals surface area contributed by atoms with E-state index < -0.39 is 0 Å². The predicted molar refractivity (Wildman–Crippen MR) is 69.9 cm³/mol. The molecule has 82 valence electrons. The molecule has 16 heavy (non-hydrogen) atoms. The summed E-state index contributed by atoms with van der Waals surface area (Å²) in [7, 11) is 0. The molecular formula is C14H13BrO. The highest BCUT2D eigenvalue weighted by Crippen LogP contribution is 2.36. The quantitative estimate of drug-likeness (QED) is 0.730. The van der Waals surface area contributed by atoms with Crippen molar-refractivity contribution >= 4 is 26.7 Å². The molecule has 0 radical (unpaired) electrons. The fourth-order valence-corrected chi connectivity index (χ4v) is 2.96. The summed E-state index contributed by atoms with van der Waals surface area (Å²) in [6.45, 7) is 0. The Morgan fingerprint density at radius 3 is 2.56 bits per heavy atom. The lowest BCUT2D eigenvalue weighted by Gasteiger charge is -2.26. The number of rotatable bonds is 0. The van der Waals surface area contributed by atoms with Crippen LogP contribution in [-0.4, -0.2) is 9.93 Å². The van der Waals surface area contributed by atoms with Crippen molar-refractivity contribution in [3.63, 3.8) is 0 Å². The van der Waals surface area contributed by atoms with E-state index >= 15 is 0 Å². The standard InChI is InChI=1S/C14H13BrO/c15-13-6-5-11-7-9-3-1-2-4-10(9)8-12(11)14(13)16/h1-4,7-8,13-14,16H,5-6H2/t13-,14-/m1/s1. The highest BCUT2D eigenvalue weighted by Gasteiger charge is 2.25. The average molecular weight is 277 g/mol. The molecule has 3 rings (SSSR count). The molecule has 2 atom stereocenters. The van der Waals surface area contributed by atoms with Crippen LogP contribution >= 0.6 is 15.9 Å². The SMILES string of the molecule is O[C@@H]1c2cc3ccccc3cc2CC[C@H]1Br. The van der Waals surface area contributed by atoms with Crippen LogP contribution in [0, 0.1) is 0 Å². The summed E-state index contributed by atoms with van der Waals surface area (Å²) in [5.41, 5.74) is 2.38. The zero-order valence-electron chi connectivity index (χ0n) is 8.86. The van der Waals surface area contributed by atoms with Gasteiger partial charge in [-0.3, -0.25) is 0 Å². The Labute approximate surface area is 103 Å². The number of aliphatic hydroxyl groups is 1. The second-order valence-electron chi connectivity index (χ2n) is 4.40. The molecule has 0 aromatic heterocycles. The molecule has 1 aliphatic carbocycles. The summed E-state index contributed by atoms with van der Waals surface area (Å²) in [5.74, 6) is 0. The molecule has 2 aromatic rings. The number of benzene rings is 2. The number of aliphatic hydroxyl groups excluding tert-OH is 1. The van der Waals surface area contributed by atoms with Crippen molar-refractivity contribution in [2.45, 2.75) is 23.8 Å². The lowest BCUT2D eigenvalue weighted by molar-refractivity contribution is 0.165. The molecule has 1 aliphatic rings. The fourth-order valence-electron chi connectivity index (χ4n) is 2.44. The van der Waals surface area contributed by atoms with Gasteiger partial charge in [0.2, 0.25) is 0 Å². The summed E-state index contributed by atoms with van der Waals surface area (Å²) in [5, 5.41) is 12.6. The molecular weight excluding hydrogens is 264 g/mol. The van der Waals surface area contributed by atoms with Gasteiger partial charge in [-0.2, -0.15) is 0 Å². The number of hydrogen-bond donors (Lipinski definition) is 1. The normalized spacial score (nSPS) is 24.4. The second kappa shape index (κ2) is 3.86. The lowest BCUT2D eigenvalue weighted by atomic mass is 9.87. The van der Waals surface area contributed by atoms with Crippen LogP contribution in [0.15, 0.2) is 36.4 Å². The number of fused-ring (bicyclic) bond motifs is 2. The first kappa shape index (κ1) is 10.3. The maximum absolute atomic E-state index is 10.1. The number of hydrogen-bond acceptors (Lipinski definition) is 1. The van der Waals surface area contributed by atoms with E-state index in [9.17, 15) is 5.11 Å². The Hall–Kier alpha value is -0.860. The first-order chi connectivity index (χ1) is 7.75. The van der Waals surface area contributed by atoms with Gasteiger partial charge < -0.3 is 5.11 Å². The van der Waals surface area contributed by atoms with Crippen LogP contribution in [0.3, 0.4) is 0 Å². The number of alkyl halides is 1. The van der Waals surface area contributed by atoms with E-state index in [0.29, 0.717) is 0 Å². The summed E-state index contributed by atoms with van der Waals surface area (Å²) in [4.78, 5) is 0.196.